The van der Waals surface area contributed by atoms with Crippen molar-refractivity contribution in [2.45, 2.75) is 13.1 Å². The lowest BCUT2D eigenvalue weighted by atomic mass is 10.1. The molecule has 0 saturated carbocycles. The Morgan fingerprint density at radius 1 is 0.850 bits per heavy atom. The highest BCUT2D eigenvalue weighted by atomic mass is 19.4. The Balaban J connectivity index is 1.74. The van der Waals surface area contributed by atoms with Crippen molar-refractivity contribution in [2.24, 2.45) is 0 Å². The molecule has 4 rings (SSSR count). The summed E-state index contributed by atoms with van der Waals surface area (Å²) in [5.74, 6) is -3.13. The molecule has 0 spiro atoms. The highest BCUT2D eigenvalue weighted by Crippen LogP contribution is 2.41. The number of hydrogen-bond donors (Lipinski definition) is 0. The molecular formula is C28H23F3O9. The topological polar surface area (TPSA) is 103 Å². The highest BCUT2D eigenvalue weighted by molar-refractivity contribution is 5.93. The summed E-state index contributed by atoms with van der Waals surface area (Å²) in [5.41, 5.74) is -1.55. The SMILES string of the molecule is CCOc1ccccc1Oc1c(C(F)(F)F)oc2cc(OC(=O)c3cc(OC)c(OC)c(OC)c3)ccc2c1=O. The lowest BCUT2D eigenvalue weighted by molar-refractivity contribution is -0.154. The Bertz CT molecular complexity index is 1580. The predicted octanol–water partition coefficient (Wildman–Crippen LogP) is 6.25. The van der Waals surface area contributed by atoms with Crippen molar-refractivity contribution in [2.75, 3.05) is 27.9 Å². The molecule has 12 heteroatoms. The third-order valence-electron chi connectivity index (χ3n) is 5.55. The van der Waals surface area contributed by atoms with Crippen LogP contribution in [-0.2, 0) is 6.18 Å². The summed E-state index contributed by atoms with van der Waals surface area (Å²) in [6.07, 6.45) is -5.09. The van der Waals surface area contributed by atoms with Crippen LogP contribution in [0.3, 0.4) is 0 Å². The molecular weight excluding hydrogens is 537 g/mol. The van der Waals surface area contributed by atoms with Crippen LogP contribution in [-0.4, -0.2) is 33.9 Å². The van der Waals surface area contributed by atoms with E-state index in [9.17, 15) is 22.8 Å². The third-order valence-corrected chi connectivity index (χ3v) is 5.55. The van der Waals surface area contributed by atoms with E-state index in [0.29, 0.717) is 0 Å². The van der Waals surface area contributed by atoms with Crippen LogP contribution in [0.25, 0.3) is 11.0 Å². The summed E-state index contributed by atoms with van der Waals surface area (Å²) in [6, 6.07) is 12.1. The molecule has 3 aromatic carbocycles. The molecule has 9 nitrogen and oxygen atoms in total. The van der Waals surface area contributed by atoms with Crippen molar-refractivity contribution in [1.82, 2.24) is 0 Å². The van der Waals surface area contributed by atoms with Gasteiger partial charge in [-0.1, -0.05) is 12.1 Å². The van der Waals surface area contributed by atoms with Gasteiger partial charge < -0.3 is 32.8 Å². The second-order valence-electron chi connectivity index (χ2n) is 8.03. The van der Waals surface area contributed by atoms with Gasteiger partial charge in [-0.2, -0.15) is 13.2 Å². The second-order valence-corrected chi connectivity index (χ2v) is 8.03. The Morgan fingerprint density at radius 3 is 2.08 bits per heavy atom. The number of ether oxygens (including phenoxy) is 6. The van der Waals surface area contributed by atoms with Gasteiger partial charge in [-0.05, 0) is 43.3 Å². The summed E-state index contributed by atoms with van der Waals surface area (Å²) in [6.45, 7) is 1.91. The van der Waals surface area contributed by atoms with Crippen molar-refractivity contribution < 1.29 is 50.8 Å². The molecule has 4 aromatic rings. The maximum absolute atomic E-state index is 14.0. The molecule has 0 bridgehead atoms. The minimum absolute atomic E-state index is 0.00346. The van der Waals surface area contributed by atoms with Gasteiger partial charge in [0.15, 0.2) is 23.0 Å². The monoisotopic (exact) mass is 560 g/mol. The van der Waals surface area contributed by atoms with Gasteiger partial charge >= 0.3 is 12.1 Å². The summed E-state index contributed by atoms with van der Waals surface area (Å²) in [5, 5.41) is -0.232. The number of halogens is 3. The number of benzene rings is 3. The summed E-state index contributed by atoms with van der Waals surface area (Å²) in [7, 11) is 4.12. The molecule has 1 aromatic heterocycles. The highest BCUT2D eigenvalue weighted by Gasteiger charge is 2.41. The zero-order chi connectivity index (χ0) is 29.0. The van der Waals surface area contributed by atoms with Crippen LogP contribution in [0.2, 0.25) is 0 Å². The van der Waals surface area contributed by atoms with Gasteiger partial charge in [0, 0.05) is 6.07 Å². The van der Waals surface area contributed by atoms with E-state index in [1.165, 1.54) is 63.8 Å². The van der Waals surface area contributed by atoms with Crippen molar-refractivity contribution in [3.8, 4) is 40.2 Å². The van der Waals surface area contributed by atoms with E-state index in [1.54, 1.807) is 13.0 Å². The normalized spacial score (nSPS) is 11.2. The first-order chi connectivity index (χ1) is 19.1. The quantitative estimate of drug-likeness (QED) is 0.174. The number of hydrogen-bond acceptors (Lipinski definition) is 9. The third kappa shape index (κ3) is 5.60. The number of esters is 1. The molecule has 0 aliphatic heterocycles. The first kappa shape index (κ1) is 28.1. The zero-order valence-corrected chi connectivity index (χ0v) is 21.7. The van der Waals surface area contributed by atoms with Gasteiger partial charge in [0.05, 0.1) is 38.9 Å². The molecule has 0 radical (unpaired) electrons. The molecule has 0 aliphatic rings. The van der Waals surface area contributed by atoms with E-state index in [0.717, 1.165) is 6.07 Å². The van der Waals surface area contributed by atoms with E-state index >= 15 is 0 Å². The Labute approximate surface area is 225 Å². The number of fused-ring (bicyclic) bond motifs is 1. The maximum atomic E-state index is 14.0. The standard InChI is InChI=1S/C28H23F3O9/c1-5-37-18-8-6-7-9-19(18)39-25-23(32)17-11-10-16(14-20(17)40-26(25)28(29,30)31)38-27(33)15-12-21(34-2)24(36-4)22(13-15)35-3/h6-14H,5H2,1-4H3. The zero-order valence-electron chi connectivity index (χ0n) is 21.7. The molecule has 0 fully saturated rings. The number of rotatable bonds is 9. The largest absolute Gasteiger partial charge is 0.493 e. The van der Waals surface area contributed by atoms with E-state index in [-0.39, 0.29) is 52.1 Å². The fourth-order valence-corrected chi connectivity index (χ4v) is 3.78. The Morgan fingerprint density at radius 2 is 1.50 bits per heavy atom. The predicted molar refractivity (Wildman–Crippen MR) is 136 cm³/mol. The summed E-state index contributed by atoms with van der Waals surface area (Å²) in [4.78, 5) is 26.0. The van der Waals surface area contributed by atoms with Crippen LogP contribution >= 0.6 is 0 Å². The van der Waals surface area contributed by atoms with E-state index in [2.05, 4.69) is 0 Å². The number of alkyl halides is 3. The Hall–Kier alpha value is -4.87. The first-order valence-electron chi connectivity index (χ1n) is 11.7. The number of carbonyl (C=O) groups is 1. The minimum Gasteiger partial charge on any atom is -0.493 e. The van der Waals surface area contributed by atoms with Crippen LogP contribution in [0.5, 0.6) is 40.2 Å². The fraction of sp³-hybridized carbons (Fsp3) is 0.214. The van der Waals surface area contributed by atoms with Crippen LogP contribution in [0.1, 0.15) is 23.0 Å². The summed E-state index contributed by atoms with van der Waals surface area (Å²) < 4.78 is 78.8. The van der Waals surface area contributed by atoms with E-state index in [1.807, 2.05) is 0 Å². The molecule has 0 N–H and O–H groups in total. The number of carbonyl (C=O) groups excluding carboxylic acids is 1. The average Bonchev–Trinajstić information content (AvgIpc) is 2.93. The molecule has 0 saturated heterocycles. The molecule has 0 atom stereocenters. The Kier molecular flexibility index (Phi) is 8.08. The van der Waals surface area contributed by atoms with Gasteiger partial charge in [-0.15, -0.1) is 0 Å². The minimum atomic E-state index is -5.09. The molecule has 1 heterocycles. The lowest BCUT2D eigenvalue weighted by Gasteiger charge is -2.15. The first-order valence-corrected chi connectivity index (χ1v) is 11.7. The van der Waals surface area contributed by atoms with Crippen LogP contribution in [0, 0.1) is 0 Å². The van der Waals surface area contributed by atoms with Crippen LogP contribution < -0.4 is 33.8 Å². The number of methoxy groups -OCH3 is 3. The van der Waals surface area contributed by atoms with E-state index in [4.69, 9.17) is 32.8 Å². The lowest BCUT2D eigenvalue weighted by Crippen LogP contribution is -2.16. The van der Waals surface area contributed by atoms with Gasteiger partial charge in [0.1, 0.15) is 11.3 Å². The van der Waals surface area contributed by atoms with Crippen molar-refractivity contribution in [3.63, 3.8) is 0 Å². The van der Waals surface area contributed by atoms with Crippen LogP contribution in [0.4, 0.5) is 13.2 Å². The van der Waals surface area contributed by atoms with Gasteiger partial charge in [-0.25, -0.2) is 4.79 Å². The van der Waals surface area contributed by atoms with Gasteiger partial charge in [0.2, 0.25) is 16.9 Å². The van der Waals surface area contributed by atoms with Crippen LogP contribution in [0.15, 0.2) is 63.8 Å². The smallest absolute Gasteiger partial charge is 0.453 e. The molecule has 0 amide bonds. The van der Waals surface area contributed by atoms with Gasteiger partial charge in [-0.3, -0.25) is 4.79 Å². The van der Waals surface area contributed by atoms with Crippen molar-refractivity contribution in [3.05, 3.63) is 76.1 Å². The average molecular weight is 560 g/mol. The van der Waals surface area contributed by atoms with Crippen molar-refractivity contribution >= 4 is 16.9 Å². The second kappa shape index (κ2) is 11.5. The molecule has 210 valence electrons. The van der Waals surface area contributed by atoms with Gasteiger partial charge in [0.25, 0.3) is 5.76 Å². The summed E-state index contributed by atoms with van der Waals surface area (Å²) >= 11 is 0. The van der Waals surface area contributed by atoms with Crippen molar-refractivity contribution in [1.29, 1.82) is 0 Å². The number of para-hydroxylation sites is 2. The molecule has 0 aliphatic carbocycles. The molecule has 0 unspecified atom stereocenters. The maximum Gasteiger partial charge on any atom is 0.453 e. The van der Waals surface area contributed by atoms with E-state index < -0.39 is 34.7 Å². The fourth-order valence-electron chi connectivity index (χ4n) is 3.78. The molecule has 40 heavy (non-hydrogen) atoms.